The molecule has 0 aromatic rings. The topological polar surface area (TPSA) is 43.1 Å². The van der Waals surface area contributed by atoms with E-state index in [0.717, 1.165) is 25.7 Å². The Labute approximate surface area is 106 Å². The van der Waals surface area contributed by atoms with Crippen LogP contribution in [0.1, 0.15) is 72.6 Å². The summed E-state index contributed by atoms with van der Waals surface area (Å²) in [4.78, 5) is 11.8. The maximum Gasteiger partial charge on any atom is 0.223 e. The Bertz CT molecular complexity index is 262. The molecule has 0 atom stereocenters. The van der Waals surface area contributed by atoms with Crippen LogP contribution in [0.4, 0.5) is 0 Å². The predicted octanol–water partition coefficient (Wildman–Crippen LogP) is 3.88. The summed E-state index contributed by atoms with van der Waals surface area (Å²) in [5.41, 5.74) is 5.87. The molecule has 0 aromatic carbocycles. The molecule has 2 N–H and O–H groups in total. The van der Waals surface area contributed by atoms with E-state index in [-0.39, 0.29) is 11.3 Å². The second kappa shape index (κ2) is 5.41. The highest BCUT2D eigenvalue weighted by Gasteiger charge is 2.45. The SMILES string of the molecule is CCCCC1(C)CCC(C(N)=O)(C(C)C)CC1. The Kier molecular flexibility index (Phi) is 4.62. The van der Waals surface area contributed by atoms with Crippen molar-refractivity contribution >= 4 is 5.91 Å². The van der Waals surface area contributed by atoms with Crippen molar-refractivity contribution in [1.82, 2.24) is 0 Å². The van der Waals surface area contributed by atoms with E-state index in [1.807, 2.05) is 0 Å². The van der Waals surface area contributed by atoms with Crippen LogP contribution < -0.4 is 5.73 Å². The van der Waals surface area contributed by atoms with Gasteiger partial charge in [0, 0.05) is 0 Å². The van der Waals surface area contributed by atoms with Gasteiger partial charge in [0.1, 0.15) is 0 Å². The molecule has 1 fully saturated rings. The van der Waals surface area contributed by atoms with Crippen molar-refractivity contribution in [3.63, 3.8) is 0 Å². The average Bonchev–Trinajstić information content (AvgIpc) is 2.27. The van der Waals surface area contributed by atoms with Crippen molar-refractivity contribution in [3.8, 4) is 0 Å². The summed E-state index contributed by atoms with van der Waals surface area (Å²) >= 11 is 0. The lowest BCUT2D eigenvalue weighted by molar-refractivity contribution is -0.134. The first-order valence-corrected chi connectivity index (χ1v) is 7.16. The van der Waals surface area contributed by atoms with Crippen LogP contribution in [0.15, 0.2) is 0 Å². The molecule has 1 aliphatic rings. The fourth-order valence-corrected chi connectivity index (χ4v) is 3.26. The Hall–Kier alpha value is -0.530. The smallest absolute Gasteiger partial charge is 0.223 e. The molecule has 1 saturated carbocycles. The molecular formula is C15H29NO. The molecule has 0 aliphatic heterocycles. The number of amides is 1. The Balaban J connectivity index is 2.67. The van der Waals surface area contributed by atoms with Gasteiger partial charge in [0.05, 0.1) is 5.41 Å². The molecular weight excluding hydrogens is 210 g/mol. The summed E-state index contributed by atoms with van der Waals surface area (Å²) in [7, 11) is 0. The molecule has 2 heteroatoms. The van der Waals surface area contributed by atoms with E-state index in [2.05, 4.69) is 27.7 Å². The highest BCUT2D eigenvalue weighted by molar-refractivity contribution is 5.81. The average molecular weight is 239 g/mol. The zero-order valence-electron chi connectivity index (χ0n) is 12.0. The summed E-state index contributed by atoms with van der Waals surface area (Å²) in [5, 5.41) is 0. The number of rotatable bonds is 5. The summed E-state index contributed by atoms with van der Waals surface area (Å²) in [6.45, 7) is 8.90. The molecule has 17 heavy (non-hydrogen) atoms. The van der Waals surface area contributed by atoms with E-state index in [4.69, 9.17) is 5.73 Å². The van der Waals surface area contributed by atoms with E-state index in [1.165, 1.54) is 19.3 Å². The van der Waals surface area contributed by atoms with Gasteiger partial charge >= 0.3 is 0 Å². The van der Waals surface area contributed by atoms with Gasteiger partial charge in [0.25, 0.3) is 0 Å². The third kappa shape index (κ3) is 3.02. The second-order valence-electron chi connectivity index (χ2n) is 6.59. The van der Waals surface area contributed by atoms with E-state index in [9.17, 15) is 4.79 Å². The normalized spacial score (nSPS) is 33.9. The first-order valence-electron chi connectivity index (χ1n) is 7.16. The highest BCUT2D eigenvalue weighted by Crippen LogP contribution is 2.50. The van der Waals surface area contributed by atoms with Gasteiger partial charge in [0.2, 0.25) is 5.91 Å². The van der Waals surface area contributed by atoms with E-state index in [1.54, 1.807) is 0 Å². The summed E-state index contributed by atoms with van der Waals surface area (Å²) in [6, 6.07) is 0. The highest BCUT2D eigenvalue weighted by atomic mass is 16.1. The van der Waals surface area contributed by atoms with Gasteiger partial charge in [-0.1, -0.05) is 40.5 Å². The molecule has 1 amide bonds. The molecule has 0 saturated heterocycles. The third-order valence-electron chi connectivity index (χ3n) is 5.08. The van der Waals surface area contributed by atoms with Gasteiger partial charge in [-0.2, -0.15) is 0 Å². The predicted molar refractivity (Wildman–Crippen MR) is 72.6 cm³/mol. The summed E-state index contributed by atoms with van der Waals surface area (Å²) in [5.74, 6) is 0.292. The molecule has 1 aliphatic carbocycles. The van der Waals surface area contributed by atoms with Crippen molar-refractivity contribution in [2.24, 2.45) is 22.5 Å². The molecule has 0 bridgehead atoms. The van der Waals surface area contributed by atoms with Crippen LogP contribution in [-0.2, 0) is 4.79 Å². The molecule has 100 valence electrons. The number of hydrogen-bond donors (Lipinski definition) is 1. The monoisotopic (exact) mass is 239 g/mol. The van der Waals surface area contributed by atoms with Gasteiger partial charge in [-0.05, 0) is 43.4 Å². The lowest BCUT2D eigenvalue weighted by Gasteiger charge is -2.45. The van der Waals surface area contributed by atoms with Crippen LogP contribution in [-0.4, -0.2) is 5.91 Å². The second-order valence-corrected chi connectivity index (χ2v) is 6.59. The van der Waals surface area contributed by atoms with Gasteiger partial charge < -0.3 is 5.73 Å². The standard InChI is InChI=1S/C15H29NO/c1-5-6-7-14(4)8-10-15(11-9-14,12(2)3)13(16)17/h12H,5-11H2,1-4H3,(H2,16,17). The lowest BCUT2D eigenvalue weighted by Crippen LogP contribution is -2.46. The molecule has 0 unspecified atom stereocenters. The molecule has 1 rings (SSSR count). The van der Waals surface area contributed by atoms with E-state index in [0.29, 0.717) is 11.3 Å². The van der Waals surface area contributed by atoms with Crippen LogP contribution in [0.2, 0.25) is 0 Å². The van der Waals surface area contributed by atoms with Crippen molar-refractivity contribution in [1.29, 1.82) is 0 Å². The Morgan fingerprint density at radius 3 is 2.12 bits per heavy atom. The van der Waals surface area contributed by atoms with Gasteiger partial charge in [0.15, 0.2) is 0 Å². The molecule has 0 aromatic heterocycles. The number of hydrogen-bond acceptors (Lipinski definition) is 1. The first kappa shape index (κ1) is 14.5. The zero-order chi connectivity index (χ0) is 13.1. The summed E-state index contributed by atoms with van der Waals surface area (Å²) in [6.07, 6.45) is 8.17. The number of primary amides is 1. The Morgan fingerprint density at radius 1 is 1.24 bits per heavy atom. The van der Waals surface area contributed by atoms with Crippen LogP contribution in [0.25, 0.3) is 0 Å². The van der Waals surface area contributed by atoms with Gasteiger partial charge in [-0.3, -0.25) is 4.79 Å². The van der Waals surface area contributed by atoms with Crippen molar-refractivity contribution in [2.75, 3.05) is 0 Å². The zero-order valence-corrected chi connectivity index (χ0v) is 12.0. The minimum atomic E-state index is -0.230. The number of carbonyl (C=O) groups is 1. The largest absolute Gasteiger partial charge is 0.369 e. The van der Waals surface area contributed by atoms with Gasteiger partial charge in [-0.15, -0.1) is 0 Å². The minimum Gasteiger partial charge on any atom is -0.369 e. The maximum atomic E-state index is 11.8. The van der Waals surface area contributed by atoms with Crippen molar-refractivity contribution in [3.05, 3.63) is 0 Å². The molecule has 0 heterocycles. The first-order chi connectivity index (χ1) is 7.86. The van der Waals surface area contributed by atoms with Crippen LogP contribution in [0.3, 0.4) is 0 Å². The van der Waals surface area contributed by atoms with Gasteiger partial charge in [-0.25, -0.2) is 0 Å². The molecule has 0 spiro atoms. The van der Waals surface area contributed by atoms with Crippen molar-refractivity contribution < 1.29 is 4.79 Å². The molecule has 0 radical (unpaired) electrons. The maximum absolute atomic E-state index is 11.8. The Morgan fingerprint density at radius 2 is 1.76 bits per heavy atom. The fraction of sp³-hybridized carbons (Fsp3) is 0.933. The quantitative estimate of drug-likeness (QED) is 0.777. The number of unbranched alkanes of at least 4 members (excludes halogenated alkanes) is 1. The van der Waals surface area contributed by atoms with Crippen molar-refractivity contribution in [2.45, 2.75) is 72.6 Å². The number of carbonyl (C=O) groups excluding carboxylic acids is 1. The lowest BCUT2D eigenvalue weighted by atomic mass is 9.59. The van der Waals surface area contributed by atoms with Crippen LogP contribution in [0.5, 0.6) is 0 Å². The minimum absolute atomic E-state index is 0.0787. The van der Waals surface area contributed by atoms with E-state index < -0.39 is 0 Å². The fourth-order valence-electron chi connectivity index (χ4n) is 3.26. The summed E-state index contributed by atoms with van der Waals surface area (Å²) < 4.78 is 0. The van der Waals surface area contributed by atoms with Crippen LogP contribution >= 0.6 is 0 Å². The molecule has 2 nitrogen and oxygen atoms in total. The van der Waals surface area contributed by atoms with Crippen LogP contribution in [0, 0.1) is 16.7 Å². The number of nitrogens with two attached hydrogens (primary N) is 1. The van der Waals surface area contributed by atoms with E-state index >= 15 is 0 Å². The third-order valence-corrected chi connectivity index (χ3v) is 5.08.